The lowest BCUT2D eigenvalue weighted by Gasteiger charge is -2.48. The van der Waals surface area contributed by atoms with Crippen LogP contribution in [0.5, 0.6) is 0 Å². The highest BCUT2D eigenvalue weighted by molar-refractivity contribution is 5.79. The van der Waals surface area contributed by atoms with Crippen LogP contribution in [0.25, 0.3) is 0 Å². The lowest BCUT2D eigenvalue weighted by Crippen LogP contribution is -2.60. The zero-order chi connectivity index (χ0) is 43.5. The molecule has 0 spiro atoms. The molecule has 1 aromatic rings. The largest absolute Gasteiger partial charge is 0.461 e. The van der Waals surface area contributed by atoms with Crippen molar-refractivity contribution in [2.24, 2.45) is 17.8 Å². The molecule has 4 N–H and O–H groups in total. The van der Waals surface area contributed by atoms with E-state index in [2.05, 4.69) is 24.0 Å². The van der Waals surface area contributed by atoms with E-state index in [9.17, 15) is 29.7 Å². The summed E-state index contributed by atoms with van der Waals surface area (Å²) in [5.74, 6) is -4.90. The maximum Gasteiger partial charge on any atom is 0.312 e. The zero-order valence-corrected chi connectivity index (χ0v) is 36.8. The number of hydrogen-bond donors (Lipinski definition) is 4. The van der Waals surface area contributed by atoms with Crippen molar-refractivity contribution < 1.29 is 53.4 Å². The molecule has 14 atom stereocenters. The Hall–Kier alpha value is -2.95. The third-order valence-corrected chi connectivity index (χ3v) is 12.0. The lowest BCUT2D eigenvalue weighted by molar-refractivity contribution is -0.302. The topological polar surface area (TPSA) is 177 Å². The van der Waals surface area contributed by atoms with Crippen LogP contribution >= 0.6 is 0 Å². The fourth-order valence-electron chi connectivity index (χ4n) is 8.41. The monoisotopic (exact) mass is 820 g/mol. The Bertz CT molecular complexity index is 1460. The van der Waals surface area contributed by atoms with Crippen molar-refractivity contribution in [3.8, 4) is 0 Å². The number of cyclic esters (lactones) is 1. The fourth-order valence-corrected chi connectivity index (χ4v) is 8.41. The number of amides is 1. The van der Waals surface area contributed by atoms with E-state index in [0.29, 0.717) is 19.5 Å². The van der Waals surface area contributed by atoms with Gasteiger partial charge in [-0.2, -0.15) is 0 Å². The Morgan fingerprint density at radius 2 is 1.69 bits per heavy atom. The predicted molar refractivity (Wildman–Crippen MR) is 221 cm³/mol. The summed E-state index contributed by atoms with van der Waals surface area (Å²) in [5.41, 5.74) is -2.13. The van der Waals surface area contributed by atoms with Crippen LogP contribution in [0.1, 0.15) is 86.6 Å². The molecule has 1 aromatic carbocycles. The molecule has 3 rings (SSSR count). The average Bonchev–Trinajstić information content (AvgIpc) is 3.18. The fraction of sp³-hybridized carbons (Fsp3) is 0.750. The molecule has 0 unspecified atom stereocenters. The van der Waals surface area contributed by atoms with Crippen molar-refractivity contribution >= 4 is 17.8 Å². The van der Waals surface area contributed by atoms with E-state index >= 15 is 0 Å². The van der Waals surface area contributed by atoms with Crippen LogP contribution in [0.15, 0.2) is 43.0 Å². The molecule has 14 nitrogen and oxygen atoms in total. The number of aliphatic hydroxyl groups excluding tert-OH is 2. The van der Waals surface area contributed by atoms with Gasteiger partial charge in [-0.25, -0.2) is 0 Å². The van der Waals surface area contributed by atoms with Crippen LogP contribution in [-0.2, 0) is 44.5 Å². The number of carbonyl (C=O) groups is 3. The van der Waals surface area contributed by atoms with E-state index in [-0.39, 0.29) is 38.0 Å². The summed E-state index contributed by atoms with van der Waals surface area (Å²) in [6, 6.07) is 9.17. The van der Waals surface area contributed by atoms with Gasteiger partial charge in [0.25, 0.3) is 0 Å². The van der Waals surface area contributed by atoms with Crippen molar-refractivity contribution in [3.05, 3.63) is 48.6 Å². The highest BCUT2D eigenvalue weighted by atomic mass is 16.7. The van der Waals surface area contributed by atoms with Gasteiger partial charge in [0.1, 0.15) is 23.9 Å². The van der Waals surface area contributed by atoms with Crippen LogP contribution < -0.4 is 5.32 Å². The Labute approximate surface area is 346 Å². The zero-order valence-electron chi connectivity index (χ0n) is 36.8. The summed E-state index contributed by atoms with van der Waals surface area (Å²) in [6.07, 6.45) is -4.33. The molecule has 14 heteroatoms. The van der Waals surface area contributed by atoms with Crippen molar-refractivity contribution in [2.75, 3.05) is 40.8 Å². The SMILES string of the molecule is C=CCO[C@]1(C)C[C@@H](C)NC(=O)[C@H](C)[C@@H](O)[C@](C)(O)[C@@H](CC)OC(=O)[C@H](C)[C@@H](OC(=O)CCN(C)CCc2ccccc2)[C@H](C)[C@H]1O[C@@H]1O[C@H](C)C[C@H](N(C)C)[C@H]1O. The van der Waals surface area contributed by atoms with Gasteiger partial charge in [-0.15, -0.1) is 6.58 Å². The molecule has 58 heavy (non-hydrogen) atoms. The quantitative estimate of drug-likeness (QED) is 0.159. The van der Waals surface area contributed by atoms with Crippen LogP contribution in [-0.4, -0.2) is 150 Å². The number of ether oxygens (including phenoxy) is 5. The first-order chi connectivity index (χ1) is 27.2. The third kappa shape index (κ3) is 13.0. The number of likely N-dealkylation sites (N-methyl/N-ethyl adjacent to an activating group) is 2. The third-order valence-electron chi connectivity index (χ3n) is 12.0. The van der Waals surface area contributed by atoms with E-state index < -0.39 is 89.7 Å². The molecule has 0 aromatic heterocycles. The van der Waals surface area contributed by atoms with Gasteiger partial charge in [0.15, 0.2) is 6.29 Å². The van der Waals surface area contributed by atoms with Crippen molar-refractivity contribution in [1.82, 2.24) is 15.1 Å². The minimum absolute atomic E-state index is 0.0257. The molecule has 1 amide bonds. The number of rotatable bonds is 14. The lowest BCUT2D eigenvalue weighted by atomic mass is 9.78. The summed E-state index contributed by atoms with van der Waals surface area (Å²) < 4.78 is 31.9. The molecule has 0 bridgehead atoms. The molecule has 2 heterocycles. The number of nitrogens with zero attached hydrogens (tertiary/aromatic N) is 2. The summed E-state index contributed by atoms with van der Waals surface area (Å²) in [6.45, 7) is 18.4. The van der Waals surface area contributed by atoms with E-state index in [1.54, 1.807) is 40.7 Å². The number of hydrogen-bond acceptors (Lipinski definition) is 13. The van der Waals surface area contributed by atoms with E-state index in [4.69, 9.17) is 23.7 Å². The average molecular weight is 820 g/mol. The summed E-state index contributed by atoms with van der Waals surface area (Å²) in [5, 5.41) is 37.7. The highest BCUT2D eigenvalue weighted by Gasteiger charge is 2.52. The number of benzene rings is 1. The normalized spacial score (nSPS) is 37.0. The molecule has 2 fully saturated rings. The predicted octanol–water partition coefficient (Wildman–Crippen LogP) is 3.49. The number of nitrogens with one attached hydrogen (secondary N) is 1. The summed E-state index contributed by atoms with van der Waals surface area (Å²) >= 11 is 0. The first kappa shape index (κ1) is 49.4. The van der Waals surface area contributed by atoms with Gasteiger partial charge < -0.3 is 54.1 Å². The Kier molecular flexibility index (Phi) is 18.8. The molecule has 0 aliphatic carbocycles. The molecule has 0 saturated carbocycles. The van der Waals surface area contributed by atoms with Crippen molar-refractivity contribution in [3.63, 3.8) is 0 Å². The molecule has 2 aliphatic rings. The van der Waals surface area contributed by atoms with Gasteiger partial charge in [0.05, 0.1) is 48.8 Å². The van der Waals surface area contributed by atoms with Gasteiger partial charge in [-0.1, -0.05) is 57.2 Å². The van der Waals surface area contributed by atoms with E-state index in [1.165, 1.54) is 19.4 Å². The molecular formula is C44H73N3O11. The van der Waals surface area contributed by atoms with Crippen LogP contribution in [0.4, 0.5) is 0 Å². The maximum atomic E-state index is 14.2. The van der Waals surface area contributed by atoms with Gasteiger partial charge in [0, 0.05) is 31.1 Å². The number of esters is 2. The molecule has 0 radical (unpaired) electrons. The number of carbonyl (C=O) groups excluding carboxylic acids is 3. The van der Waals surface area contributed by atoms with E-state index in [0.717, 1.165) is 6.42 Å². The van der Waals surface area contributed by atoms with Gasteiger partial charge in [-0.3, -0.25) is 14.4 Å². The first-order valence-electron chi connectivity index (χ1n) is 20.9. The standard InChI is InChI=1S/C44H73N3O11/c1-13-24-54-43(8)26-27(3)45-40(51)31(7)38(50)44(9,53)34(14-2)56-41(52)30(6)37(57-35(48)21-23-47(12)22-20-32-18-16-15-17-19-32)29(5)39(43)58-42-36(49)33(46(10)11)25-28(4)55-42/h13,15-19,27-31,33-34,36-39,42,49-50,53H,1,14,20-26H2,2-12H3,(H,45,51)/t27-,28-,29+,30-,31-,33+,34-,36-,37+,38-,39-,42+,43-,44-/m1/s1. The van der Waals surface area contributed by atoms with Crippen molar-refractivity contribution in [2.45, 2.75) is 154 Å². The molecule has 2 aliphatic heterocycles. The van der Waals surface area contributed by atoms with E-state index in [1.807, 2.05) is 56.1 Å². The Balaban J connectivity index is 2.12. The maximum absolute atomic E-state index is 14.2. The molecular weight excluding hydrogens is 746 g/mol. The highest BCUT2D eigenvalue weighted by Crippen LogP contribution is 2.38. The van der Waals surface area contributed by atoms with Crippen LogP contribution in [0.2, 0.25) is 0 Å². The smallest absolute Gasteiger partial charge is 0.312 e. The number of aliphatic hydroxyl groups is 3. The summed E-state index contributed by atoms with van der Waals surface area (Å²) in [7, 11) is 5.68. The van der Waals surface area contributed by atoms with Gasteiger partial charge in [0.2, 0.25) is 5.91 Å². The van der Waals surface area contributed by atoms with Crippen LogP contribution in [0, 0.1) is 17.8 Å². The first-order valence-corrected chi connectivity index (χ1v) is 20.9. The minimum Gasteiger partial charge on any atom is -0.461 e. The molecule has 330 valence electrons. The van der Waals surface area contributed by atoms with Gasteiger partial charge in [-0.05, 0) is 87.0 Å². The Morgan fingerprint density at radius 3 is 2.29 bits per heavy atom. The molecule has 2 saturated heterocycles. The second-order valence-corrected chi connectivity index (χ2v) is 17.3. The summed E-state index contributed by atoms with van der Waals surface area (Å²) in [4.78, 5) is 45.7. The van der Waals surface area contributed by atoms with Crippen molar-refractivity contribution in [1.29, 1.82) is 0 Å². The van der Waals surface area contributed by atoms with Gasteiger partial charge >= 0.3 is 11.9 Å². The minimum atomic E-state index is -2.02. The Morgan fingerprint density at radius 1 is 1.03 bits per heavy atom. The second kappa shape index (κ2) is 22.1. The van der Waals surface area contributed by atoms with Crippen LogP contribution in [0.3, 0.4) is 0 Å². The second-order valence-electron chi connectivity index (χ2n) is 17.3.